The fraction of sp³-hybridized carbons (Fsp3) is 0.750. The van der Waals surface area contributed by atoms with Crippen LogP contribution in [0.1, 0.15) is 25.7 Å². The Hall–Kier alpha value is -1.36. The van der Waals surface area contributed by atoms with Crippen molar-refractivity contribution in [2.75, 3.05) is 52.6 Å². The average Bonchev–Trinajstić information content (AvgIpc) is 2.72. The van der Waals surface area contributed by atoms with Gasteiger partial charge in [0, 0.05) is 26.2 Å². The van der Waals surface area contributed by atoms with Crippen LogP contribution in [0.15, 0.2) is 10.2 Å². The molecule has 3 aliphatic rings. The molecule has 144 valence electrons. The van der Waals surface area contributed by atoms with E-state index in [-0.39, 0.29) is 0 Å². The van der Waals surface area contributed by atoms with Crippen molar-refractivity contribution in [1.82, 2.24) is 20.7 Å². The number of nitrogens with zero attached hydrogens (tertiary/aromatic N) is 4. The van der Waals surface area contributed by atoms with Gasteiger partial charge in [0.15, 0.2) is 10.2 Å². The third-order valence-electron chi connectivity index (χ3n) is 4.58. The van der Waals surface area contributed by atoms with Crippen molar-refractivity contribution in [3.05, 3.63) is 0 Å². The molecule has 0 radical (unpaired) electrons. The highest BCUT2D eigenvalue weighted by Crippen LogP contribution is 2.13. The van der Waals surface area contributed by atoms with Crippen LogP contribution in [0.5, 0.6) is 0 Å². The molecule has 8 nitrogen and oxygen atoms in total. The maximum absolute atomic E-state index is 5.43. The normalized spacial score (nSPS) is 24.6. The first kappa shape index (κ1) is 19.4. The van der Waals surface area contributed by atoms with Gasteiger partial charge in [-0.15, -0.1) is 0 Å². The lowest BCUT2D eigenvalue weighted by atomic mass is 9.96. The van der Waals surface area contributed by atoms with Gasteiger partial charge in [0.05, 0.1) is 37.9 Å². The van der Waals surface area contributed by atoms with E-state index in [1.807, 2.05) is 0 Å². The van der Waals surface area contributed by atoms with Crippen LogP contribution in [0.25, 0.3) is 0 Å². The molecule has 0 spiro atoms. The highest BCUT2D eigenvalue weighted by atomic mass is 32.1. The Labute approximate surface area is 164 Å². The van der Waals surface area contributed by atoms with E-state index in [0.29, 0.717) is 36.7 Å². The van der Waals surface area contributed by atoms with Gasteiger partial charge in [0.25, 0.3) is 0 Å². The molecule has 0 aromatic heterocycles. The highest BCUT2D eigenvalue weighted by molar-refractivity contribution is 7.80. The molecular formula is C16H26N6O2S2. The molecule has 0 atom stereocenters. The molecule has 0 unspecified atom stereocenters. The van der Waals surface area contributed by atoms with Gasteiger partial charge in [-0.1, -0.05) is 0 Å². The zero-order valence-corrected chi connectivity index (χ0v) is 16.5. The quantitative estimate of drug-likeness (QED) is 0.520. The van der Waals surface area contributed by atoms with Crippen LogP contribution in [0.3, 0.4) is 0 Å². The molecule has 1 aliphatic carbocycles. The molecule has 0 bridgehead atoms. The molecule has 0 aromatic rings. The van der Waals surface area contributed by atoms with Crippen LogP contribution in [0, 0.1) is 0 Å². The SMILES string of the molecule is S=C(N/N=C1\CCCC\C1=N/NC(=S)N1CCOCC1)N1CCOCC1. The van der Waals surface area contributed by atoms with Gasteiger partial charge >= 0.3 is 0 Å². The van der Waals surface area contributed by atoms with Gasteiger partial charge in [-0.05, 0) is 50.1 Å². The summed E-state index contributed by atoms with van der Waals surface area (Å²) in [4.78, 5) is 4.16. The smallest absolute Gasteiger partial charge is 0.189 e. The molecule has 0 aromatic carbocycles. The number of hydrogen-bond acceptors (Lipinski definition) is 6. The standard InChI is InChI=1S/C16H26N6O2S2/c25-15(21-5-9-23-10-6-21)19-17-13-3-1-2-4-14(13)18-20-16(26)22-7-11-24-12-8-22/h1-12H2,(H,19,25)(H,20,26)/b17-13+,18-14+. The highest BCUT2D eigenvalue weighted by Gasteiger charge is 2.18. The van der Waals surface area contributed by atoms with Gasteiger partial charge in [0.1, 0.15) is 0 Å². The molecule has 1 saturated carbocycles. The second-order valence-corrected chi connectivity index (χ2v) is 7.13. The number of thiocarbonyl (C=S) groups is 2. The second kappa shape index (κ2) is 10.1. The van der Waals surface area contributed by atoms with E-state index in [2.05, 4.69) is 30.9 Å². The minimum atomic E-state index is 0.641. The summed E-state index contributed by atoms with van der Waals surface area (Å²) >= 11 is 10.9. The maximum Gasteiger partial charge on any atom is 0.189 e. The molecule has 0 amide bonds. The maximum atomic E-state index is 5.43. The number of morpholine rings is 2. The summed E-state index contributed by atoms with van der Waals surface area (Å²) in [5.74, 6) is 0. The molecule has 2 aliphatic heterocycles. The van der Waals surface area contributed by atoms with Crippen molar-refractivity contribution in [2.45, 2.75) is 25.7 Å². The van der Waals surface area contributed by atoms with Crippen LogP contribution >= 0.6 is 24.4 Å². The number of hydrazone groups is 2. The Balaban J connectivity index is 1.55. The van der Waals surface area contributed by atoms with Crippen LogP contribution in [-0.4, -0.2) is 84.1 Å². The fourth-order valence-corrected chi connectivity index (χ4v) is 3.48. The van der Waals surface area contributed by atoms with Crippen LogP contribution in [0.4, 0.5) is 0 Å². The molecule has 2 N–H and O–H groups in total. The second-order valence-electron chi connectivity index (χ2n) is 6.36. The summed E-state index contributed by atoms with van der Waals surface area (Å²) in [5, 5.41) is 10.3. The Bertz CT molecular complexity index is 521. The lowest BCUT2D eigenvalue weighted by Crippen LogP contribution is -2.45. The number of hydrogen-bond donors (Lipinski definition) is 2. The van der Waals surface area contributed by atoms with Gasteiger partial charge in [-0.2, -0.15) is 10.2 Å². The first-order valence-electron chi connectivity index (χ1n) is 9.13. The number of rotatable bonds is 2. The first-order valence-corrected chi connectivity index (χ1v) is 9.94. The Kier molecular flexibility index (Phi) is 7.54. The van der Waals surface area contributed by atoms with Gasteiger partial charge < -0.3 is 19.3 Å². The monoisotopic (exact) mass is 398 g/mol. The summed E-state index contributed by atoms with van der Waals surface area (Å²) in [6, 6.07) is 0. The van der Waals surface area contributed by atoms with Crippen molar-refractivity contribution >= 4 is 46.1 Å². The molecule has 10 heteroatoms. The van der Waals surface area contributed by atoms with Crippen molar-refractivity contribution in [3.63, 3.8) is 0 Å². The van der Waals surface area contributed by atoms with Gasteiger partial charge in [-0.3, -0.25) is 10.9 Å². The zero-order valence-electron chi connectivity index (χ0n) is 14.9. The van der Waals surface area contributed by atoms with Crippen LogP contribution in [-0.2, 0) is 9.47 Å². The average molecular weight is 399 g/mol. The van der Waals surface area contributed by atoms with Crippen LogP contribution < -0.4 is 10.9 Å². The van der Waals surface area contributed by atoms with Crippen molar-refractivity contribution < 1.29 is 9.47 Å². The lowest BCUT2D eigenvalue weighted by molar-refractivity contribution is 0.0677. The molecule has 2 saturated heterocycles. The van der Waals surface area contributed by atoms with E-state index in [0.717, 1.165) is 63.3 Å². The van der Waals surface area contributed by atoms with Crippen molar-refractivity contribution in [1.29, 1.82) is 0 Å². The van der Waals surface area contributed by atoms with Gasteiger partial charge in [-0.25, -0.2) is 0 Å². The van der Waals surface area contributed by atoms with E-state index < -0.39 is 0 Å². The predicted octanol–water partition coefficient (Wildman–Crippen LogP) is 0.686. The summed E-state index contributed by atoms with van der Waals surface area (Å²) in [5.41, 5.74) is 7.95. The topological polar surface area (TPSA) is 73.7 Å². The largest absolute Gasteiger partial charge is 0.378 e. The molecular weight excluding hydrogens is 372 g/mol. The molecule has 3 fully saturated rings. The molecule has 3 rings (SSSR count). The van der Waals surface area contributed by atoms with Crippen molar-refractivity contribution in [3.8, 4) is 0 Å². The minimum absolute atomic E-state index is 0.641. The number of nitrogens with one attached hydrogen (secondary N) is 2. The van der Waals surface area contributed by atoms with E-state index in [1.165, 1.54) is 0 Å². The Morgan fingerprint density at radius 2 is 1.12 bits per heavy atom. The van der Waals surface area contributed by atoms with E-state index in [9.17, 15) is 0 Å². The fourth-order valence-electron chi connectivity index (χ4n) is 3.02. The Morgan fingerprint density at radius 1 is 0.731 bits per heavy atom. The summed E-state index contributed by atoms with van der Waals surface area (Å²) in [7, 11) is 0. The summed E-state index contributed by atoms with van der Waals surface area (Å²) < 4.78 is 10.7. The zero-order chi connectivity index (χ0) is 18.2. The summed E-state index contributed by atoms with van der Waals surface area (Å²) in [6.45, 7) is 6.00. The third-order valence-corrected chi connectivity index (χ3v) is 5.28. The molecule has 26 heavy (non-hydrogen) atoms. The van der Waals surface area contributed by atoms with E-state index >= 15 is 0 Å². The van der Waals surface area contributed by atoms with E-state index in [4.69, 9.17) is 33.9 Å². The summed E-state index contributed by atoms with van der Waals surface area (Å²) in [6.07, 6.45) is 4.00. The van der Waals surface area contributed by atoms with Gasteiger partial charge in [0.2, 0.25) is 0 Å². The minimum Gasteiger partial charge on any atom is -0.378 e. The molecule has 2 heterocycles. The van der Waals surface area contributed by atoms with E-state index in [1.54, 1.807) is 0 Å². The number of ether oxygens (including phenoxy) is 2. The predicted molar refractivity (Wildman–Crippen MR) is 110 cm³/mol. The third kappa shape index (κ3) is 5.57. The van der Waals surface area contributed by atoms with Crippen molar-refractivity contribution in [2.24, 2.45) is 10.2 Å². The lowest BCUT2D eigenvalue weighted by Gasteiger charge is -2.29. The first-order chi connectivity index (χ1) is 12.7. The van der Waals surface area contributed by atoms with Crippen LogP contribution in [0.2, 0.25) is 0 Å². The Morgan fingerprint density at radius 3 is 1.50 bits per heavy atom.